The number of nitrogens with one attached hydrogen (secondary N) is 1. The number of nitrogens with two attached hydrogens (primary N) is 1. The van der Waals surface area contributed by atoms with E-state index in [9.17, 15) is 4.79 Å². The quantitative estimate of drug-likeness (QED) is 0.661. The molecule has 0 saturated heterocycles. The molecule has 1 aliphatic carbocycles. The lowest BCUT2D eigenvalue weighted by molar-refractivity contribution is -0.118. The van der Waals surface area contributed by atoms with E-state index in [1.54, 1.807) is 4.68 Å². The summed E-state index contributed by atoms with van der Waals surface area (Å²) in [4.78, 5) is 10.6. The van der Waals surface area contributed by atoms with Gasteiger partial charge < -0.3 is 11.1 Å². The van der Waals surface area contributed by atoms with Gasteiger partial charge in [-0.05, 0) is 25.3 Å². The molecular weight excluding hydrogens is 206 g/mol. The Morgan fingerprint density at radius 2 is 2.44 bits per heavy atom. The van der Waals surface area contributed by atoms with Crippen molar-refractivity contribution >= 4 is 5.91 Å². The van der Waals surface area contributed by atoms with Crippen molar-refractivity contribution in [3.8, 4) is 0 Å². The van der Waals surface area contributed by atoms with Gasteiger partial charge in [0.25, 0.3) is 0 Å². The first-order chi connectivity index (χ1) is 7.74. The zero-order valence-electron chi connectivity index (χ0n) is 9.22. The van der Waals surface area contributed by atoms with E-state index in [0.29, 0.717) is 13.0 Å². The maximum Gasteiger partial charge on any atom is 0.219 e. The molecule has 6 heteroatoms. The Balaban J connectivity index is 1.70. The SMILES string of the molecule is NC(=O)CCn1cc(CNCC2CC2)nn1. The smallest absolute Gasteiger partial charge is 0.219 e. The molecule has 1 fully saturated rings. The highest BCUT2D eigenvalue weighted by atomic mass is 16.1. The Kier molecular flexibility index (Phi) is 3.51. The predicted octanol–water partition coefficient (Wildman–Crippen LogP) is -0.347. The molecule has 1 heterocycles. The lowest BCUT2D eigenvalue weighted by Crippen LogP contribution is -2.16. The average molecular weight is 223 g/mol. The number of amides is 1. The molecule has 1 aromatic rings. The Morgan fingerprint density at radius 3 is 3.12 bits per heavy atom. The maximum absolute atomic E-state index is 10.6. The van der Waals surface area contributed by atoms with Crippen LogP contribution in [-0.2, 0) is 17.9 Å². The van der Waals surface area contributed by atoms with Crippen molar-refractivity contribution in [3.05, 3.63) is 11.9 Å². The highest BCUT2D eigenvalue weighted by molar-refractivity contribution is 5.73. The van der Waals surface area contributed by atoms with Gasteiger partial charge in [-0.25, -0.2) is 0 Å². The lowest BCUT2D eigenvalue weighted by atomic mass is 10.4. The van der Waals surface area contributed by atoms with E-state index in [4.69, 9.17) is 5.73 Å². The predicted molar refractivity (Wildman–Crippen MR) is 58.3 cm³/mol. The zero-order valence-corrected chi connectivity index (χ0v) is 9.22. The van der Waals surface area contributed by atoms with Gasteiger partial charge in [-0.3, -0.25) is 9.48 Å². The molecule has 88 valence electrons. The zero-order chi connectivity index (χ0) is 11.4. The lowest BCUT2D eigenvalue weighted by Gasteiger charge is -1.98. The molecule has 16 heavy (non-hydrogen) atoms. The minimum absolute atomic E-state index is 0.304. The van der Waals surface area contributed by atoms with Crippen LogP contribution in [0, 0.1) is 5.92 Å². The number of carbonyl (C=O) groups excluding carboxylic acids is 1. The molecule has 0 atom stereocenters. The fourth-order valence-electron chi connectivity index (χ4n) is 1.48. The van der Waals surface area contributed by atoms with Crippen LogP contribution < -0.4 is 11.1 Å². The number of nitrogens with zero attached hydrogens (tertiary/aromatic N) is 3. The third kappa shape index (κ3) is 3.62. The Bertz CT molecular complexity index is 358. The van der Waals surface area contributed by atoms with Gasteiger partial charge in [-0.1, -0.05) is 5.21 Å². The van der Waals surface area contributed by atoms with Gasteiger partial charge in [0.1, 0.15) is 0 Å². The van der Waals surface area contributed by atoms with Crippen molar-refractivity contribution in [3.63, 3.8) is 0 Å². The molecule has 1 amide bonds. The van der Waals surface area contributed by atoms with Crippen LogP contribution in [0.3, 0.4) is 0 Å². The van der Waals surface area contributed by atoms with Crippen LogP contribution in [0.4, 0.5) is 0 Å². The van der Waals surface area contributed by atoms with Crippen molar-refractivity contribution in [2.45, 2.75) is 32.4 Å². The third-order valence-electron chi connectivity index (χ3n) is 2.61. The first kappa shape index (κ1) is 11.1. The molecule has 0 radical (unpaired) electrons. The second-order valence-corrected chi connectivity index (χ2v) is 4.26. The number of hydrogen-bond donors (Lipinski definition) is 2. The number of rotatable bonds is 7. The van der Waals surface area contributed by atoms with Crippen LogP contribution in [0.1, 0.15) is 25.0 Å². The molecule has 1 aliphatic rings. The second-order valence-electron chi connectivity index (χ2n) is 4.26. The molecule has 0 spiro atoms. The average Bonchev–Trinajstić information content (AvgIpc) is 2.94. The van der Waals surface area contributed by atoms with E-state index in [2.05, 4.69) is 15.6 Å². The topological polar surface area (TPSA) is 85.8 Å². The number of primary amides is 1. The number of aryl methyl sites for hydroxylation is 1. The van der Waals surface area contributed by atoms with Crippen LogP contribution >= 0.6 is 0 Å². The third-order valence-corrected chi connectivity index (χ3v) is 2.61. The highest BCUT2D eigenvalue weighted by Gasteiger charge is 2.20. The summed E-state index contributed by atoms with van der Waals surface area (Å²) in [5.74, 6) is 0.550. The van der Waals surface area contributed by atoms with Gasteiger partial charge in [0.15, 0.2) is 0 Å². The molecule has 1 saturated carbocycles. The summed E-state index contributed by atoms with van der Waals surface area (Å²) in [5.41, 5.74) is 5.96. The summed E-state index contributed by atoms with van der Waals surface area (Å²) >= 11 is 0. The highest BCUT2D eigenvalue weighted by Crippen LogP contribution is 2.27. The fourth-order valence-corrected chi connectivity index (χ4v) is 1.48. The van der Waals surface area contributed by atoms with Gasteiger partial charge in [0, 0.05) is 19.2 Å². The van der Waals surface area contributed by atoms with E-state index in [1.807, 2.05) is 6.20 Å². The molecule has 6 nitrogen and oxygen atoms in total. The molecular formula is C10H17N5O. The summed E-state index contributed by atoms with van der Waals surface area (Å²) in [7, 11) is 0. The van der Waals surface area contributed by atoms with E-state index in [0.717, 1.165) is 24.7 Å². The van der Waals surface area contributed by atoms with Crippen LogP contribution in [0.5, 0.6) is 0 Å². The summed E-state index contributed by atoms with van der Waals surface area (Å²) in [5, 5.41) is 11.3. The molecule has 0 aliphatic heterocycles. The Morgan fingerprint density at radius 1 is 1.62 bits per heavy atom. The fraction of sp³-hybridized carbons (Fsp3) is 0.700. The van der Waals surface area contributed by atoms with Gasteiger partial charge in [0.2, 0.25) is 5.91 Å². The molecule has 1 aromatic heterocycles. The van der Waals surface area contributed by atoms with E-state index in [-0.39, 0.29) is 5.91 Å². The summed E-state index contributed by atoms with van der Waals surface area (Å²) < 4.78 is 1.65. The molecule has 0 aromatic carbocycles. The Labute approximate surface area is 94.2 Å². The standard InChI is InChI=1S/C10H17N5O/c11-10(16)3-4-15-7-9(13-14-15)6-12-5-8-1-2-8/h7-8,12H,1-6H2,(H2,11,16). The van der Waals surface area contributed by atoms with Gasteiger partial charge in [-0.15, -0.1) is 5.10 Å². The minimum Gasteiger partial charge on any atom is -0.370 e. The first-order valence-corrected chi connectivity index (χ1v) is 5.62. The van der Waals surface area contributed by atoms with Crippen LogP contribution in [0.15, 0.2) is 6.20 Å². The molecule has 3 N–H and O–H groups in total. The van der Waals surface area contributed by atoms with Crippen LogP contribution in [0.2, 0.25) is 0 Å². The molecule has 0 unspecified atom stereocenters. The number of carbonyl (C=O) groups is 1. The normalized spacial score (nSPS) is 15.2. The monoisotopic (exact) mass is 223 g/mol. The van der Waals surface area contributed by atoms with Crippen LogP contribution in [0.25, 0.3) is 0 Å². The van der Waals surface area contributed by atoms with Crippen molar-refractivity contribution in [2.75, 3.05) is 6.54 Å². The van der Waals surface area contributed by atoms with Crippen molar-refractivity contribution < 1.29 is 4.79 Å². The second kappa shape index (κ2) is 5.07. The van der Waals surface area contributed by atoms with Gasteiger partial charge in [-0.2, -0.15) is 0 Å². The summed E-state index contributed by atoms with van der Waals surface area (Å²) in [6, 6.07) is 0. The molecule has 0 bridgehead atoms. The maximum atomic E-state index is 10.6. The van der Waals surface area contributed by atoms with Crippen molar-refractivity contribution in [2.24, 2.45) is 11.7 Å². The largest absolute Gasteiger partial charge is 0.370 e. The summed E-state index contributed by atoms with van der Waals surface area (Å²) in [6.07, 6.45) is 4.84. The number of aromatic nitrogens is 3. The van der Waals surface area contributed by atoms with E-state index < -0.39 is 0 Å². The summed E-state index contributed by atoms with van der Waals surface area (Å²) in [6.45, 7) is 2.31. The van der Waals surface area contributed by atoms with Crippen molar-refractivity contribution in [1.29, 1.82) is 0 Å². The van der Waals surface area contributed by atoms with E-state index >= 15 is 0 Å². The minimum atomic E-state index is -0.316. The number of hydrogen-bond acceptors (Lipinski definition) is 4. The molecule has 2 rings (SSSR count). The van der Waals surface area contributed by atoms with Crippen LogP contribution in [-0.4, -0.2) is 27.4 Å². The van der Waals surface area contributed by atoms with Gasteiger partial charge >= 0.3 is 0 Å². The van der Waals surface area contributed by atoms with E-state index in [1.165, 1.54) is 12.8 Å². The van der Waals surface area contributed by atoms with Gasteiger partial charge in [0.05, 0.1) is 12.2 Å². The van der Waals surface area contributed by atoms with Crippen molar-refractivity contribution in [1.82, 2.24) is 20.3 Å². The Hall–Kier alpha value is -1.43. The first-order valence-electron chi connectivity index (χ1n) is 5.62.